The molecule has 1 aromatic heterocycles. The average Bonchev–Trinajstić information content (AvgIpc) is 2.59. The SMILES string of the molecule is Cc1cc(-c2cccc(O)c2)c(C=O)[nH]1. The molecule has 0 aliphatic rings. The minimum absolute atomic E-state index is 0.197. The zero-order valence-corrected chi connectivity index (χ0v) is 8.32. The Balaban J connectivity index is 2.57. The van der Waals surface area contributed by atoms with E-state index in [1.165, 1.54) is 0 Å². The van der Waals surface area contributed by atoms with Crippen LogP contribution < -0.4 is 0 Å². The van der Waals surface area contributed by atoms with Crippen molar-refractivity contribution in [3.05, 3.63) is 41.7 Å². The molecule has 0 atom stereocenters. The van der Waals surface area contributed by atoms with Gasteiger partial charge in [-0.25, -0.2) is 0 Å². The third-order valence-corrected chi connectivity index (χ3v) is 2.26. The summed E-state index contributed by atoms with van der Waals surface area (Å²) in [5, 5.41) is 9.35. The van der Waals surface area contributed by atoms with Crippen molar-refractivity contribution in [2.45, 2.75) is 6.92 Å². The Morgan fingerprint density at radius 1 is 1.33 bits per heavy atom. The Labute approximate surface area is 87.4 Å². The summed E-state index contributed by atoms with van der Waals surface area (Å²) < 4.78 is 0. The number of carbonyl (C=O) groups excluding carboxylic acids is 1. The molecule has 0 spiro atoms. The van der Waals surface area contributed by atoms with Gasteiger partial charge in [-0.05, 0) is 30.7 Å². The summed E-state index contributed by atoms with van der Waals surface area (Å²) in [6.07, 6.45) is 0.784. The molecule has 0 fully saturated rings. The van der Waals surface area contributed by atoms with Crippen molar-refractivity contribution in [3.8, 4) is 16.9 Å². The lowest BCUT2D eigenvalue weighted by atomic mass is 10.1. The van der Waals surface area contributed by atoms with Gasteiger partial charge in [-0.15, -0.1) is 0 Å². The summed E-state index contributed by atoms with van der Waals surface area (Å²) in [6.45, 7) is 1.89. The van der Waals surface area contributed by atoms with Crippen molar-refractivity contribution in [2.24, 2.45) is 0 Å². The highest BCUT2D eigenvalue weighted by Gasteiger charge is 2.07. The van der Waals surface area contributed by atoms with Gasteiger partial charge in [-0.1, -0.05) is 12.1 Å². The van der Waals surface area contributed by atoms with E-state index in [0.717, 1.165) is 23.1 Å². The van der Waals surface area contributed by atoms with Gasteiger partial charge in [0, 0.05) is 11.3 Å². The lowest BCUT2D eigenvalue weighted by Crippen LogP contribution is -1.83. The van der Waals surface area contributed by atoms with E-state index in [1.54, 1.807) is 18.2 Å². The molecule has 2 rings (SSSR count). The van der Waals surface area contributed by atoms with E-state index in [0.29, 0.717) is 5.69 Å². The summed E-state index contributed by atoms with van der Waals surface area (Å²) in [7, 11) is 0. The molecule has 3 nitrogen and oxygen atoms in total. The highest BCUT2D eigenvalue weighted by molar-refractivity contribution is 5.86. The number of aldehydes is 1. The Kier molecular flexibility index (Phi) is 2.29. The van der Waals surface area contributed by atoms with Crippen LogP contribution in [0.5, 0.6) is 5.75 Å². The first-order valence-electron chi connectivity index (χ1n) is 4.65. The van der Waals surface area contributed by atoms with E-state index >= 15 is 0 Å². The maximum Gasteiger partial charge on any atom is 0.166 e. The molecule has 76 valence electrons. The Morgan fingerprint density at radius 3 is 2.80 bits per heavy atom. The van der Waals surface area contributed by atoms with Gasteiger partial charge < -0.3 is 10.1 Å². The van der Waals surface area contributed by atoms with Crippen molar-refractivity contribution < 1.29 is 9.90 Å². The largest absolute Gasteiger partial charge is 0.508 e. The number of aromatic amines is 1. The number of aryl methyl sites for hydroxylation is 1. The molecule has 2 N–H and O–H groups in total. The van der Waals surface area contributed by atoms with Gasteiger partial charge in [-0.3, -0.25) is 4.79 Å². The van der Waals surface area contributed by atoms with Crippen LogP contribution in [-0.4, -0.2) is 16.4 Å². The van der Waals surface area contributed by atoms with Crippen LogP contribution in [0.25, 0.3) is 11.1 Å². The Morgan fingerprint density at radius 2 is 2.13 bits per heavy atom. The molecule has 15 heavy (non-hydrogen) atoms. The van der Waals surface area contributed by atoms with Gasteiger partial charge in [0.2, 0.25) is 0 Å². The monoisotopic (exact) mass is 201 g/mol. The number of hydrogen-bond donors (Lipinski definition) is 2. The first-order chi connectivity index (χ1) is 7.20. The Bertz CT molecular complexity index is 500. The molecule has 0 bridgehead atoms. The topological polar surface area (TPSA) is 53.1 Å². The molecule has 0 unspecified atom stereocenters. The molecule has 0 aliphatic heterocycles. The summed E-state index contributed by atoms with van der Waals surface area (Å²) in [4.78, 5) is 13.8. The van der Waals surface area contributed by atoms with Crippen LogP contribution in [0.4, 0.5) is 0 Å². The smallest absolute Gasteiger partial charge is 0.166 e. The molecule has 1 aromatic carbocycles. The number of aromatic nitrogens is 1. The highest BCUT2D eigenvalue weighted by Crippen LogP contribution is 2.26. The summed E-state index contributed by atoms with van der Waals surface area (Å²) in [5.74, 6) is 0.197. The molecule has 0 amide bonds. The van der Waals surface area contributed by atoms with Crippen molar-refractivity contribution in [2.75, 3.05) is 0 Å². The first-order valence-corrected chi connectivity index (χ1v) is 4.65. The predicted molar refractivity (Wildman–Crippen MR) is 58.0 cm³/mol. The van der Waals surface area contributed by atoms with E-state index in [9.17, 15) is 9.90 Å². The van der Waals surface area contributed by atoms with E-state index < -0.39 is 0 Å². The fourth-order valence-electron chi connectivity index (χ4n) is 1.62. The summed E-state index contributed by atoms with van der Waals surface area (Å²) >= 11 is 0. The molecule has 0 saturated carbocycles. The van der Waals surface area contributed by atoms with Crippen LogP contribution in [-0.2, 0) is 0 Å². The van der Waals surface area contributed by atoms with Crippen molar-refractivity contribution in [1.82, 2.24) is 4.98 Å². The lowest BCUT2D eigenvalue weighted by Gasteiger charge is -1.99. The summed E-state index contributed by atoms with van der Waals surface area (Å²) in [5.41, 5.74) is 3.12. The maximum absolute atomic E-state index is 10.8. The molecule has 3 heteroatoms. The second-order valence-corrected chi connectivity index (χ2v) is 3.45. The van der Waals surface area contributed by atoms with Crippen LogP contribution in [0.3, 0.4) is 0 Å². The van der Waals surface area contributed by atoms with Gasteiger partial charge in [0.25, 0.3) is 0 Å². The van der Waals surface area contributed by atoms with E-state index in [4.69, 9.17) is 0 Å². The molecule has 0 saturated heterocycles. The normalized spacial score (nSPS) is 10.2. The number of rotatable bonds is 2. The third kappa shape index (κ3) is 1.76. The summed E-state index contributed by atoms with van der Waals surface area (Å²) in [6, 6.07) is 8.73. The van der Waals surface area contributed by atoms with Gasteiger partial charge in [0.1, 0.15) is 5.75 Å². The van der Waals surface area contributed by atoms with Gasteiger partial charge in [0.05, 0.1) is 5.69 Å². The van der Waals surface area contributed by atoms with Crippen molar-refractivity contribution >= 4 is 6.29 Å². The predicted octanol–water partition coefficient (Wildman–Crippen LogP) is 2.51. The lowest BCUT2D eigenvalue weighted by molar-refractivity contribution is 0.112. The first kappa shape index (κ1) is 9.52. The van der Waals surface area contributed by atoms with Gasteiger partial charge in [0.15, 0.2) is 6.29 Å². The molecule has 0 aliphatic carbocycles. The molecule has 0 radical (unpaired) electrons. The van der Waals surface area contributed by atoms with Crippen LogP contribution in [0.15, 0.2) is 30.3 Å². The quantitative estimate of drug-likeness (QED) is 0.733. The minimum Gasteiger partial charge on any atom is -0.508 e. The molecule has 1 heterocycles. The highest BCUT2D eigenvalue weighted by atomic mass is 16.3. The Hall–Kier alpha value is -2.03. The van der Waals surface area contributed by atoms with E-state index in [-0.39, 0.29) is 5.75 Å². The second kappa shape index (κ2) is 3.61. The van der Waals surface area contributed by atoms with Crippen LogP contribution in [0, 0.1) is 6.92 Å². The number of phenolic OH excluding ortho intramolecular Hbond substituents is 1. The zero-order chi connectivity index (χ0) is 10.8. The number of carbonyl (C=O) groups is 1. The van der Waals surface area contributed by atoms with E-state index in [1.807, 2.05) is 19.1 Å². The van der Waals surface area contributed by atoms with Crippen LogP contribution >= 0.6 is 0 Å². The molecule has 2 aromatic rings. The van der Waals surface area contributed by atoms with Crippen LogP contribution in [0.2, 0.25) is 0 Å². The third-order valence-electron chi connectivity index (χ3n) is 2.26. The van der Waals surface area contributed by atoms with Crippen molar-refractivity contribution in [1.29, 1.82) is 0 Å². The average molecular weight is 201 g/mol. The fourth-order valence-corrected chi connectivity index (χ4v) is 1.62. The number of benzene rings is 1. The number of H-pyrrole nitrogens is 1. The molecular weight excluding hydrogens is 190 g/mol. The van der Waals surface area contributed by atoms with Crippen molar-refractivity contribution in [3.63, 3.8) is 0 Å². The number of aromatic hydroxyl groups is 1. The zero-order valence-electron chi connectivity index (χ0n) is 8.32. The fraction of sp³-hybridized carbons (Fsp3) is 0.0833. The van der Waals surface area contributed by atoms with Gasteiger partial charge in [-0.2, -0.15) is 0 Å². The number of phenols is 1. The van der Waals surface area contributed by atoms with Crippen LogP contribution in [0.1, 0.15) is 16.2 Å². The number of nitrogens with one attached hydrogen (secondary N) is 1. The van der Waals surface area contributed by atoms with E-state index in [2.05, 4.69) is 4.98 Å². The van der Waals surface area contributed by atoms with Gasteiger partial charge >= 0.3 is 0 Å². The minimum atomic E-state index is 0.197. The number of hydrogen-bond acceptors (Lipinski definition) is 2. The molecular formula is C12H11NO2. The maximum atomic E-state index is 10.8. The second-order valence-electron chi connectivity index (χ2n) is 3.45. The standard InChI is InChI=1S/C12H11NO2/c1-8-5-11(12(7-14)13-8)9-3-2-4-10(15)6-9/h2-7,13,15H,1H3.